The number of ether oxygens (including phenoxy) is 1. The minimum Gasteiger partial charge on any atom is -0.452 e. The monoisotopic (exact) mass is 201 g/mol. The first kappa shape index (κ1) is 8.59. The van der Waals surface area contributed by atoms with Gasteiger partial charge in [0.15, 0.2) is 0 Å². The highest BCUT2D eigenvalue weighted by molar-refractivity contribution is 6.32. The van der Waals surface area contributed by atoms with E-state index in [1.54, 1.807) is 0 Å². The molecule has 0 atom stereocenters. The van der Waals surface area contributed by atoms with E-state index < -0.39 is 0 Å². The van der Waals surface area contributed by atoms with Crippen LogP contribution in [0.5, 0.6) is 0 Å². The van der Waals surface area contributed by atoms with Crippen molar-refractivity contribution in [2.45, 2.75) is 6.04 Å². The molecule has 0 spiro atoms. The van der Waals surface area contributed by atoms with Gasteiger partial charge < -0.3 is 14.5 Å². The Kier molecular flexibility index (Phi) is 2.24. The lowest BCUT2D eigenvalue weighted by molar-refractivity contribution is -0.00347. The average Bonchev–Trinajstić information content (AvgIpc) is 2.43. The van der Waals surface area contributed by atoms with Gasteiger partial charge in [0.05, 0.1) is 31.1 Å². The number of carbonyl (C=O) groups excluding carboxylic acids is 1. The van der Waals surface area contributed by atoms with Gasteiger partial charge in [-0.25, -0.2) is 0 Å². The van der Waals surface area contributed by atoms with Crippen molar-refractivity contribution in [3.05, 3.63) is 23.1 Å². The Hall–Kier alpha value is -1.00. The summed E-state index contributed by atoms with van der Waals surface area (Å²) in [6.07, 6.45) is 1.38. The highest BCUT2D eigenvalue weighted by Gasteiger charge is 2.22. The summed E-state index contributed by atoms with van der Waals surface area (Å²) in [7, 11) is 0. The SMILES string of the molecule is O=C(NC1COC1)c1ccoc1Cl. The van der Waals surface area contributed by atoms with Crippen molar-refractivity contribution in [3.63, 3.8) is 0 Å². The summed E-state index contributed by atoms with van der Waals surface area (Å²) < 4.78 is 9.70. The first-order chi connectivity index (χ1) is 6.27. The molecule has 70 valence electrons. The number of halogens is 1. The van der Waals surface area contributed by atoms with Gasteiger partial charge >= 0.3 is 0 Å². The molecule has 0 radical (unpaired) electrons. The van der Waals surface area contributed by atoms with Crippen molar-refractivity contribution in [2.24, 2.45) is 0 Å². The van der Waals surface area contributed by atoms with Crippen LogP contribution in [-0.2, 0) is 4.74 Å². The summed E-state index contributed by atoms with van der Waals surface area (Å²) in [5, 5.41) is 2.87. The average molecular weight is 202 g/mol. The molecular formula is C8H8ClNO3. The predicted octanol–water partition coefficient (Wildman–Crippen LogP) is 1.06. The van der Waals surface area contributed by atoms with Crippen LogP contribution in [0.15, 0.2) is 16.7 Å². The van der Waals surface area contributed by atoms with E-state index in [1.165, 1.54) is 12.3 Å². The van der Waals surface area contributed by atoms with Gasteiger partial charge in [-0.05, 0) is 17.7 Å². The second kappa shape index (κ2) is 3.40. The van der Waals surface area contributed by atoms with E-state index in [9.17, 15) is 4.79 Å². The van der Waals surface area contributed by atoms with Crippen molar-refractivity contribution >= 4 is 17.5 Å². The number of hydrogen-bond donors (Lipinski definition) is 1. The lowest BCUT2D eigenvalue weighted by Gasteiger charge is -2.26. The van der Waals surface area contributed by atoms with Crippen LogP contribution < -0.4 is 5.32 Å². The number of nitrogens with one attached hydrogen (secondary N) is 1. The third kappa shape index (κ3) is 1.68. The summed E-state index contributed by atoms with van der Waals surface area (Å²) in [5.74, 6) is -0.216. The van der Waals surface area contributed by atoms with E-state index in [0.717, 1.165) is 0 Å². The molecule has 1 aromatic rings. The van der Waals surface area contributed by atoms with E-state index >= 15 is 0 Å². The Morgan fingerprint density at radius 3 is 2.85 bits per heavy atom. The van der Waals surface area contributed by atoms with Crippen molar-refractivity contribution in [1.82, 2.24) is 5.32 Å². The molecule has 0 bridgehead atoms. The lowest BCUT2D eigenvalue weighted by atomic mass is 10.2. The van der Waals surface area contributed by atoms with Gasteiger partial charge in [-0.15, -0.1) is 0 Å². The van der Waals surface area contributed by atoms with Crippen molar-refractivity contribution in [2.75, 3.05) is 13.2 Å². The number of furan rings is 1. The van der Waals surface area contributed by atoms with Crippen LogP contribution in [0, 0.1) is 0 Å². The number of rotatable bonds is 2. The minimum absolute atomic E-state index is 0.110. The van der Waals surface area contributed by atoms with E-state index in [1.807, 2.05) is 0 Å². The fourth-order valence-electron chi connectivity index (χ4n) is 1.04. The Morgan fingerprint density at radius 2 is 2.38 bits per heavy atom. The van der Waals surface area contributed by atoms with Crippen LogP contribution in [0.1, 0.15) is 10.4 Å². The quantitative estimate of drug-likeness (QED) is 0.779. The zero-order chi connectivity index (χ0) is 9.26. The summed E-state index contributed by atoms with van der Waals surface area (Å²) in [4.78, 5) is 11.4. The van der Waals surface area contributed by atoms with Crippen LogP contribution in [0.2, 0.25) is 5.22 Å². The normalized spacial score (nSPS) is 16.7. The molecule has 0 aliphatic carbocycles. The van der Waals surface area contributed by atoms with Crippen LogP contribution in [0.3, 0.4) is 0 Å². The second-order valence-corrected chi connectivity index (χ2v) is 3.16. The zero-order valence-corrected chi connectivity index (χ0v) is 7.50. The third-order valence-electron chi connectivity index (χ3n) is 1.84. The fourth-order valence-corrected chi connectivity index (χ4v) is 1.24. The molecule has 1 N–H and O–H groups in total. The highest BCUT2D eigenvalue weighted by atomic mass is 35.5. The van der Waals surface area contributed by atoms with Gasteiger partial charge in [0.1, 0.15) is 0 Å². The Bertz CT molecular complexity index is 319. The fraction of sp³-hybridized carbons (Fsp3) is 0.375. The summed E-state index contributed by atoms with van der Waals surface area (Å²) in [5.41, 5.74) is 0.369. The molecule has 1 saturated heterocycles. The molecule has 1 amide bonds. The number of amides is 1. The van der Waals surface area contributed by atoms with Crippen molar-refractivity contribution in [3.8, 4) is 0 Å². The van der Waals surface area contributed by atoms with Crippen LogP contribution in [-0.4, -0.2) is 25.2 Å². The van der Waals surface area contributed by atoms with Gasteiger partial charge in [0.2, 0.25) is 5.22 Å². The molecule has 2 rings (SSSR count). The van der Waals surface area contributed by atoms with Crippen molar-refractivity contribution < 1.29 is 13.9 Å². The summed E-state index contributed by atoms with van der Waals surface area (Å²) in [6.45, 7) is 1.14. The summed E-state index contributed by atoms with van der Waals surface area (Å²) in [6, 6.07) is 1.65. The number of carbonyl (C=O) groups is 1. The van der Waals surface area contributed by atoms with E-state index in [0.29, 0.717) is 18.8 Å². The molecule has 5 heteroatoms. The summed E-state index contributed by atoms with van der Waals surface area (Å²) >= 11 is 5.62. The largest absolute Gasteiger partial charge is 0.452 e. The predicted molar refractivity (Wildman–Crippen MR) is 45.8 cm³/mol. The molecule has 1 aromatic heterocycles. The van der Waals surface area contributed by atoms with E-state index in [4.69, 9.17) is 20.8 Å². The van der Waals surface area contributed by atoms with Gasteiger partial charge in [-0.3, -0.25) is 4.79 Å². The maximum atomic E-state index is 11.4. The van der Waals surface area contributed by atoms with Gasteiger partial charge in [-0.1, -0.05) is 0 Å². The molecule has 1 aliphatic rings. The smallest absolute Gasteiger partial charge is 0.256 e. The molecule has 1 aliphatic heterocycles. The van der Waals surface area contributed by atoms with Gasteiger partial charge in [0.25, 0.3) is 5.91 Å². The first-order valence-electron chi connectivity index (χ1n) is 3.89. The standard InChI is InChI=1S/C8H8ClNO3/c9-7-6(1-2-13-7)8(11)10-5-3-12-4-5/h1-2,5H,3-4H2,(H,10,11). The Morgan fingerprint density at radius 1 is 1.62 bits per heavy atom. The number of hydrogen-bond acceptors (Lipinski definition) is 3. The highest BCUT2D eigenvalue weighted by Crippen LogP contribution is 2.16. The molecule has 0 unspecified atom stereocenters. The van der Waals surface area contributed by atoms with Gasteiger partial charge in [-0.2, -0.15) is 0 Å². The maximum Gasteiger partial charge on any atom is 0.256 e. The second-order valence-electron chi connectivity index (χ2n) is 2.82. The minimum atomic E-state index is -0.216. The lowest BCUT2D eigenvalue weighted by Crippen LogP contribution is -2.48. The Balaban J connectivity index is 2.00. The maximum absolute atomic E-state index is 11.4. The molecule has 2 heterocycles. The molecule has 1 fully saturated rings. The van der Waals surface area contributed by atoms with Crippen LogP contribution in [0.25, 0.3) is 0 Å². The topological polar surface area (TPSA) is 51.5 Å². The van der Waals surface area contributed by atoms with Crippen molar-refractivity contribution in [1.29, 1.82) is 0 Å². The van der Waals surface area contributed by atoms with Crippen LogP contribution in [0.4, 0.5) is 0 Å². The molecule has 4 nitrogen and oxygen atoms in total. The molecule has 13 heavy (non-hydrogen) atoms. The van der Waals surface area contributed by atoms with Crippen LogP contribution >= 0.6 is 11.6 Å². The van der Waals surface area contributed by atoms with Gasteiger partial charge in [0, 0.05) is 0 Å². The molecule has 0 saturated carbocycles. The molecule has 0 aromatic carbocycles. The third-order valence-corrected chi connectivity index (χ3v) is 2.13. The van der Waals surface area contributed by atoms with E-state index in [-0.39, 0.29) is 17.2 Å². The Labute approximate surface area is 79.8 Å². The first-order valence-corrected chi connectivity index (χ1v) is 4.27. The molecular weight excluding hydrogens is 194 g/mol. The zero-order valence-electron chi connectivity index (χ0n) is 6.75. The van der Waals surface area contributed by atoms with E-state index in [2.05, 4.69) is 5.32 Å².